The number of fused-ring (bicyclic) bond motifs is 1. The maximum absolute atomic E-state index is 11.9. The summed E-state index contributed by atoms with van der Waals surface area (Å²) in [5.74, 6) is -1.36. The van der Waals surface area contributed by atoms with Crippen LogP contribution in [0, 0.1) is 11.8 Å². The number of hydrogen-bond acceptors (Lipinski definition) is 4. The molecule has 2 aliphatic heterocycles. The predicted octanol–water partition coefficient (Wildman–Crippen LogP) is 2.72. The summed E-state index contributed by atoms with van der Waals surface area (Å²) in [5.41, 5.74) is 1.86. The van der Waals surface area contributed by atoms with Crippen molar-refractivity contribution in [2.45, 2.75) is 5.79 Å². The molecule has 4 nitrogen and oxygen atoms in total. The molecule has 0 bridgehead atoms. The number of cyclic esters (lactones) is 1. The molecular weight excluding hydrogens is 292 g/mol. The molecule has 0 amide bonds. The summed E-state index contributed by atoms with van der Waals surface area (Å²) in [5, 5.41) is 0. The van der Waals surface area contributed by atoms with Gasteiger partial charge in [0.25, 0.3) is 0 Å². The molecule has 4 heteroatoms. The van der Waals surface area contributed by atoms with Crippen molar-refractivity contribution >= 4 is 5.97 Å². The fourth-order valence-electron chi connectivity index (χ4n) is 3.26. The lowest BCUT2D eigenvalue weighted by Gasteiger charge is -2.33. The number of carbonyl (C=O) groups excluding carboxylic acids is 1. The summed E-state index contributed by atoms with van der Waals surface area (Å²) in [7, 11) is 0. The molecule has 2 heterocycles. The molecule has 0 saturated carbocycles. The maximum atomic E-state index is 11.9. The number of hydrogen-bond donors (Lipinski definition) is 0. The molecule has 0 unspecified atom stereocenters. The highest BCUT2D eigenvalue weighted by molar-refractivity contribution is 5.75. The minimum Gasteiger partial charge on any atom is -0.465 e. The maximum Gasteiger partial charge on any atom is 0.311 e. The first-order chi connectivity index (χ1) is 11.3. The van der Waals surface area contributed by atoms with E-state index in [4.69, 9.17) is 14.2 Å². The molecule has 2 atom stereocenters. The Balaban J connectivity index is 1.77. The summed E-state index contributed by atoms with van der Waals surface area (Å²) in [6.07, 6.45) is 0. The van der Waals surface area contributed by atoms with E-state index in [0.717, 1.165) is 11.1 Å². The minimum absolute atomic E-state index is 0.0526. The Morgan fingerprint density at radius 2 is 1.35 bits per heavy atom. The topological polar surface area (TPSA) is 44.8 Å². The summed E-state index contributed by atoms with van der Waals surface area (Å²) >= 11 is 0. The van der Waals surface area contributed by atoms with Crippen LogP contribution >= 0.6 is 0 Å². The van der Waals surface area contributed by atoms with Gasteiger partial charge in [-0.2, -0.15) is 0 Å². The van der Waals surface area contributed by atoms with E-state index in [1.807, 2.05) is 60.7 Å². The van der Waals surface area contributed by atoms with Gasteiger partial charge >= 0.3 is 5.97 Å². The van der Waals surface area contributed by atoms with Crippen molar-refractivity contribution in [2.24, 2.45) is 11.8 Å². The standard InChI is InChI=1S/C19H18O4/c20-18-17-13-23-19(15-7-3-1-4-8-15,16-9-5-2-6-10-16)22-12-14(17)11-21-18/h1-10,14,17H,11-13H2/t14-,17+/m0/s1. The predicted molar refractivity (Wildman–Crippen MR) is 83.5 cm³/mol. The number of ether oxygens (including phenoxy) is 3. The zero-order valence-electron chi connectivity index (χ0n) is 12.7. The summed E-state index contributed by atoms with van der Waals surface area (Å²) < 4.78 is 17.6. The summed E-state index contributed by atoms with van der Waals surface area (Å²) in [6, 6.07) is 19.8. The smallest absolute Gasteiger partial charge is 0.311 e. The summed E-state index contributed by atoms with van der Waals surface area (Å²) in [4.78, 5) is 11.9. The summed E-state index contributed by atoms with van der Waals surface area (Å²) in [6.45, 7) is 1.14. The van der Waals surface area contributed by atoms with E-state index in [2.05, 4.69) is 0 Å². The Kier molecular flexibility index (Phi) is 3.63. The van der Waals surface area contributed by atoms with Crippen molar-refractivity contribution in [2.75, 3.05) is 19.8 Å². The molecule has 0 aliphatic carbocycles. The van der Waals surface area contributed by atoms with Crippen LogP contribution in [-0.2, 0) is 24.8 Å². The van der Waals surface area contributed by atoms with Gasteiger partial charge < -0.3 is 14.2 Å². The van der Waals surface area contributed by atoms with Gasteiger partial charge in [-0.1, -0.05) is 60.7 Å². The zero-order chi connectivity index (χ0) is 15.7. The lowest BCUT2D eigenvalue weighted by molar-refractivity contribution is -0.210. The molecule has 23 heavy (non-hydrogen) atoms. The minimum atomic E-state index is -0.979. The molecule has 2 fully saturated rings. The van der Waals surface area contributed by atoms with Crippen LogP contribution < -0.4 is 0 Å². The van der Waals surface area contributed by atoms with Crippen molar-refractivity contribution in [1.82, 2.24) is 0 Å². The second-order valence-corrected chi connectivity index (χ2v) is 5.97. The van der Waals surface area contributed by atoms with Gasteiger partial charge in [0.1, 0.15) is 0 Å². The Morgan fingerprint density at radius 3 is 1.96 bits per heavy atom. The van der Waals surface area contributed by atoms with Crippen LogP contribution in [0.4, 0.5) is 0 Å². The quantitative estimate of drug-likeness (QED) is 0.800. The van der Waals surface area contributed by atoms with Crippen LogP contribution in [0.5, 0.6) is 0 Å². The van der Waals surface area contributed by atoms with E-state index in [0.29, 0.717) is 19.8 Å². The molecule has 0 aromatic heterocycles. The second kappa shape index (κ2) is 5.80. The van der Waals surface area contributed by atoms with Crippen LogP contribution in [0.1, 0.15) is 11.1 Å². The molecule has 4 rings (SSSR count). The van der Waals surface area contributed by atoms with Gasteiger partial charge in [-0.25, -0.2) is 0 Å². The average molecular weight is 310 g/mol. The van der Waals surface area contributed by atoms with E-state index in [9.17, 15) is 4.79 Å². The van der Waals surface area contributed by atoms with Crippen LogP contribution in [0.2, 0.25) is 0 Å². The first-order valence-electron chi connectivity index (χ1n) is 7.85. The molecule has 0 radical (unpaired) electrons. The van der Waals surface area contributed by atoms with E-state index < -0.39 is 5.79 Å². The fourth-order valence-corrected chi connectivity index (χ4v) is 3.26. The van der Waals surface area contributed by atoms with E-state index in [-0.39, 0.29) is 17.8 Å². The zero-order valence-corrected chi connectivity index (χ0v) is 12.7. The molecular formula is C19H18O4. The third-order valence-electron chi connectivity index (χ3n) is 4.59. The van der Waals surface area contributed by atoms with Crippen molar-refractivity contribution in [1.29, 1.82) is 0 Å². The first kappa shape index (κ1) is 14.4. The highest BCUT2D eigenvalue weighted by Crippen LogP contribution is 2.40. The van der Waals surface area contributed by atoms with E-state index in [1.165, 1.54) is 0 Å². The Morgan fingerprint density at radius 1 is 0.783 bits per heavy atom. The molecule has 0 spiro atoms. The van der Waals surface area contributed by atoms with Crippen molar-refractivity contribution in [3.63, 3.8) is 0 Å². The second-order valence-electron chi connectivity index (χ2n) is 5.97. The molecule has 2 aliphatic rings. The van der Waals surface area contributed by atoms with Crippen LogP contribution in [0.25, 0.3) is 0 Å². The normalized spacial score (nSPS) is 26.2. The molecule has 118 valence electrons. The van der Waals surface area contributed by atoms with Crippen LogP contribution in [-0.4, -0.2) is 25.8 Å². The number of carbonyl (C=O) groups is 1. The van der Waals surface area contributed by atoms with Gasteiger partial charge in [-0.15, -0.1) is 0 Å². The largest absolute Gasteiger partial charge is 0.465 e. The lowest BCUT2D eigenvalue weighted by Crippen LogP contribution is -2.34. The van der Waals surface area contributed by atoms with Gasteiger partial charge in [0.15, 0.2) is 0 Å². The SMILES string of the molecule is O=C1OC[C@H]2COC(c3ccccc3)(c3ccccc3)OC[C@@H]12. The number of esters is 1. The monoisotopic (exact) mass is 310 g/mol. The highest BCUT2D eigenvalue weighted by Gasteiger charge is 2.47. The van der Waals surface area contributed by atoms with Gasteiger partial charge in [-0.05, 0) is 0 Å². The molecule has 2 saturated heterocycles. The van der Waals surface area contributed by atoms with Gasteiger partial charge in [-0.3, -0.25) is 4.79 Å². The Bertz CT molecular complexity index is 644. The van der Waals surface area contributed by atoms with E-state index in [1.54, 1.807) is 0 Å². The Hall–Kier alpha value is -2.17. The first-order valence-corrected chi connectivity index (χ1v) is 7.85. The molecule has 2 aromatic rings. The highest BCUT2D eigenvalue weighted by atomic mass is 16.7. The Labute approximate surface area is 135 Å². The van der Waals surface area contributed by atoms with Crippen LogP contribution in [0.3, 0.4) is 0 Å². The third-order valence-corrected chi connectivity index (χ3v) is 4.59. The van der Waals surface area contributed by atoms with Crippen molar-refractivity contribution < 1.29 is 19.0 Å². The third kappa shape index (κ3) is 2.44. The number of benzene rings is 2. The van der Waals surface area contributed by atoms with E-state index >= 15 is 0 Å². The average Bonchev–Trinajstić information content (AvgIpc) is 2.86. The lowest BCUT2D eigenvalue weighted by atomic mass is 9.97. The van der Waals surface area contributed by atoms with Crippen molar-refractivity contribution in [3.8, 4) is 0 Å². The molecule has 2 aromatic carbocycles. The van der Waals surface area contributed by atoms with Gasteiger partial charge in [0, 0.05) is 17.0 Å². The fraction of sp³-hybridized carbons (Fsp3) is 0.316. The molecule has 0 N–H and O–H groups in total. The number of rotatable bonds is 2. The van der Waals surface area contributed by atoms with Gasteiger partial charge in [0.2, 0.25) is 5.79 Å². The van der Waals surface area contributed by atoms with Crippen molar-refractivity contribution in [3.05, 3.63) is 71.8 Å². The van der Waals surface area contributed by atoms with Crippen LogP contribution in [0.15, 0.2) is 60.7 Å². The van der Waals surface area contributed by atoms with Gasteiger partial charge in [0.05, 0.1) is 25.7 Å².